The molecule has 2 rings (SSSR count). The molecule has 12 heavy (non-hydrogen) atoms. The van der Waals surface area contributed by atoms with E-state index in [9.17, 15) is 0 Å². The minimum absolute atomic E-state index is 0.731. The third-order valence-corrected chi connectivity index (χ3v) is 2.13. The highest BCUT2D eigenvalue weighted by atomic mass is 14.9. The highest BCUT2D eigenvalue weighted by Gasteiger charge is 2.11. The van der Waals surface area contributed by atoms with Crippen molar-refractivity contribution < 1.29 is 0 Å². The SMILES string of the molecule is N#Cc1cncc2c1CCNC2. The van der Waals surface area contributed by atoms with Gasteiger partial charge in [-0.3, -0.25) is 4.98 Å². The van der Waals surface area contributed by atoms with Gasteiger partial charge in [-0.25, -0.2) is 0 Å². The third-order valence-electron chi connectivity index (χ3n) is 2.13. The van der Waals surface area contributed by atoms with Gasteiger partial charge in [0.2, 0.25) is 0 Å². The lowest BCUT2D eigenvalue weighted by Gasteiger charge is -2.16. The molecule has 1 aliphatic rings. The van der Waals surface area contributed by atoms with Crippen molar-refractivity contribution in [3.8, 4) is 6.07 Å². The van der Waals surface area contributed by atoms with E-state index in [0.717, 1.165) is 25.1 Å². The van der Waals surface area contributed by atoms with Crippen LogP contribution in [0.25, 0.3) is 0 Å². The van der Waals surface area contributed by atoms with Crippen LogP contribution in [-0.4, -0.2) is 11.5 Å². The van der Waals surface area contributed by atoms with Gasteiger partial charge >= 0.3 is 0 Å². The van der Waals surface area contributed by atoms with Gasteiger partial charge in [0.05, 0.1) is 5.56 Å². The summed E-state index contributed by atoms with van der Waals surface area (Å²) < 4.78 is 0. The Hall–Kier alpha value is -1.40. The number of nitrogens with one attached hydrogen (secondary N) is 1. The van der Waals surface area contributed by atoms with Crippen LogP contribution < -0.4 is 5.32 Å². The van der Waals surface area contributed by atoms with Crippen LogP contribution >= 0.6 is 0 Å². The normalized spacial score (nSPS) is 14.9. The van der Waals surface area contributed by atoms with Crippen molar-refractivity contribution >= 4 is 0 Å². The van der Waals surface area contributed by atoms with Gasteiger partial charge in [0.1, 0.15) is 6.07 Å². The maximum Gasteiger partial charge on any atom is 0.101 e. The van der Waals surface area contributed by atoms with Gasteiger partial charge in [0, 0.05) is 18.9 Å². The van der Waals surface area contributed by atoms with Crippen LogP contribution in [0.1, 0.15) is 16.7 Å². The van der Waals surface area contributed by atoms with Crippen LogP contribution in [0.2, 0.25) is 0 Å². The summed E-state index contributed by atoms with van der Waals surface area (Å²) >= 11 is 0. The zero-order chi connectivity index (χ0) is 8.39. The Morgan fingerprint density at radius 3 is 3.25 bits per heavy atom. The van der Waals surface area contributed by atoms with E-state index in [4.69, 9.17) is 5.26 Å². The topological polar surface area (TPSA) is 48.7 Å². The van der Waals surface area contributed by atoms with E-state index in [-0.39, 0.29) is 0 Å². The first-order valence-electron chi connectivity index (χ1n) is 3.98. The molecule has 0 saturated carbocycles. The first kappa shape index (κ1) is 7.26. The van der Waals surface area contributed by atoms with Gasteiger partial charge < -0.3 is 5.32 Å². The zero-order valence-corrected chi connectivity index (χ0v) is 6.67. The van der Waals surface area contributed by atoms with Crippen molar-refractivity contribution in [2.24, 2.45) is 0 Å². The van der Waals surface area contributed by atoms with Crippen molar-refractivity contribution in [1.29, 1.82) is 5.26 Å². The Labute approximate surface area is 71.0 Å². The smallest absolute Gasteiger partial charge is 0.101 e. The van der Waals surface area contributed by atoms with Crippen LogP contribution in [0, 0.1) is 11.3 Å². The monoisotopic (exact) mass is 159 g/mol. The second kappa shape index (κ2) is 2.92. The molecule has 0 fully saturated rings. The molecule has 0 spiro atoms. The van der Waals surface area contributed by atoms with Gasteiger partial charge in [-0.15, -0.1) is 0 Å². The van der Waals surface area contributed by atoms with Gasteiger partial charge in [-0.05, 0) is 24.1 Å². The molecule has 3 heteroatoms. The number of nitrogens with zero attached hydrogens (tertiary/aromatic N) is 2. The van der Waals surface area contributed by atoms with E-state index < -0.39 is 0 Å². The Balaban J connectivity index is 2.53. The molecule has 0 atom stereocenters. The third kappa shape index (κ3) is 1.06. The van der Waals surface area contributed by atoms with Crippen LogP contribution in [0.4, 0.5) is 0 Å². The fourth-order valence-electron chi connectivity index (χ4n) is 1.51. The van der Waals surface area contributed by atoms with Crippen molar-refractivity contribution in [3.05, 3.63) is 29.1 Å². The molecule has 1 N–H and O–H groups in total. The van der Waals surface area contributed by atoms with Gasteiger partial charge in [-0.1, -0.05) is 0 Å². The second-order valence-electron chi connectivity index (χ2n) is 2.86. The number of hydrogen-bond acceptors (Lipinski definition) is 3. The molecule has 0 aromatic carbocycles. The van der Waals surface area contributed by atoms with Crippen molar-refractivity contribution in [1.82, 2.24) is 10.3 Å². The molecular weight excluding hydrogens is 150 g/mol. The predicted octanol–water partition coefficient (Wildman–Crippen LogP) is 0.599. The van der Waals surface area contributed by atoms with Crippen molar-refractivity contribution in [2.45, 2.75) is 13.0 Å². The number of nitriles is 1. The molecule has 0 aliphatic carbocycles. The van der Waals surface area contributed by atoms with E-state index >= 15 is 0 Å². The lowest BCUT2D eigenvalue weighted by Crippen LogP contribution is -2.24. The molecule has 1 aliphatic heterocycles. The molecule has 3 nitrogen and oxygen atoms in total. The Kier molecular flexibility index (Phi) is 1.77. The van der Waals surface area contributed by atoms with Crippen LogP contribution in [-0.2, 0) is 13.0 Å². The molecule has 0 unspecified atom stereocenters. The summed E-state index contributed by atoms with van der Waals surface area (Å²) in [4.78, 5) is 4.01. The largest absolute Gasteiger partial charge is 0.312 e. The van der Waals surface area contributed by atoms with E-state index in [1.165, 1.54) is 11.1 Å². The minimum atomic E-state index is 0.731. The molecule has 2 heterocycles. The average molecular weight is 159 g/mol. The molecule has 1 aromatic rings. The lowest BCUT2D eigenvalue weighted by atomic mass is 9.99. The second-order valence-corrected chi connectivity index (χ2v) is 2.86. The maximum atomic E-state index is 8.78. The Morgan fingerprint density at radius 2 is 2.42 bits per heavy atom. The summed E-state index contributed by atoms with van der Waals surface area (Å²) in [7, 11) is 0. The average Bonchev–Trinajstić information content (AvgIpc) is 2.17. The highest BCUT2D eigenvalue weighted by Crippen LogP contribution is 2.15. The standard InChI is InChI=1S/C9H9N3/c10-3-7-4-12-6-8-5-11-2-1-9(7)8/h4,6,11H,1-2,5H2. The summed E-state index contributed by atoms with van der Waals surface area (Å²) in [5.74, 6) is 0. The molecule has 60 valence electrons. The number of aromatic nitrogens is 1. The van der Waals surface area contributed by atoms with Crippen molar-refractivity contribution in [3.63, 3.8) is 0 Å². The van der Waals surface area contributed by atoms with E-state index in [1.807, 2.05) is 6.20 Å². The summed E-state index contributed by atoms with van der Waals surface area (Å²) in [5.41, 5.74) is 3.07. The number of rotatable bonds is 0. The molecular formula is C9H9N3. The molecule has 0 amide bonds. The van der Waals surface area contributed by atoms with Crippen molar-refractivity contribution in [2.75, 3.05) is 6.54 Å². The number of hydrogen-bond donors (Lipinski definition) is 1. The molecule has 0 bridgehead atoms. The molecule has 0 radical (unpaired) electrons. The summed E-state index contributed by atoms with van der Waals surface area (Å²) in [6, 6.07) is 2.16. The summed E-state index contributed by atoms with van der Waals surface area (Å²) in [5, 5.41) is 12.0. The minimum Gasteiger partial charge on any atom is -0.312 e. The van der Waals surface area contributed by atoms with E-state index in [1.54, 1.807) is 6.20 Å². The van der Waals surface area contributed by atoms with Crippen LogP contribution in [0.3, 0.4) is 0 Å². The van der Waals surface area contributed by atoms with Crippen LogP contribution in [0.15, 0.2) is 12.4 Å². The maximum absolute atomic E-state index is 8.78. The van der Waals surface area contributed by atoms with E-state index in [0.29, 0.717) is 0 Å². The predicted molar refractivity (Wildman–Crippen MR) is 44.4 cm³/mol. The first-order chi connectivity index (χ1) is 5.92. The molecule has 0 saturated heterocycles. The Morgan fingerprint density at radius 1 is 1.50 bits per heavy atom. The van der Waals surface area contributed by atoms with Gasteiger partial charge in [0.15, 0.2) is 0 Å². The quantitative estimate of drug-likeness (QED) is 0.603. The first-order valence-corrected chi connectivity index (χ1v) is 3.98. The van der Waals surface area contributed by atoms with Gasteiger partial charge in [-0.2, -0.15) is 5.26 Å². The molecule has 1 aromatic heterocycles. The summed E-state index contributed by atoms with van der Waals surface area (Å²) in [6.07, 6.45) is 4.42. The summed E-state index contributed by atoms with van der Waals surface area (Å²) in [6.45, 7) is 1.81. The van der Waals surface area contributed by atoms with Crippen LogP contribution in [0.5, 0.6) is 0 Å². The lowest BCUT2D eigenvalue weighted by molar-refractivity contribution is 0.639. The van der Waals surface area contributed by atoms with E-state index in [2.05, 4.69) is 16.4 Å². The fourth-order valence-corrected chi connectivity index (χ4v) is 1.51. The number of pyridine rings is 1. The fraction of sp³-hybridized carbons (Fsp3) is 0.333. The Bertz CT molecular complexity index is 338. The number of fused-ring (bicyclic) bond motifs is 1. The van der Waals surface area contributed by atoms with Gasteiger partial charge in [0.25, 0.3) is 0 Å². The highest BCUT2D eigenvalue weighted by molar-refractivity contribution is 5.41. The zero-order valence-electron chi connectivity index (χ0n) is 6.67.